The number of hydrogen-bond donors (Lipinski definition) is 2. The van der Waals surface area contributed by atoms with Crippen LogP contribution < -0.4 is 10.6 Å². The van der Waals surface area contributed by atoms with Gasteiger partial charge in [-0.3, -0.25) is 4.99 Å². The van der Waals surface area contributed by atoms with Crippen molar-refractivity contribution >= 4 is 17.3 Å². The van der Waals surface area contributed by atoms with Gasteiger partial charge < -0.3 is 15.2 Å². The highest BCUT2D eigenvalue weighted by atomic mass is 32.1. The van der Waals surface area contributed by atoms with Crippen LogP contribution in [0.3, 0.4) is 0 Å². The highest BCUT2D eigenvalue weighted by molar-refractivity contribution is 7.11. The molecule has 0 spiro atoms. The van der Waals surface area contributed by atoms with Gasteiger partial charge in [-0.25, -0.2) is 4.98 Å². The Balaban J connectivity index is 1.48. The van der Waals surface area contributed by atoms with Crippen molar-refractivity contribution in [3.05, 3.63) is 51.2 Å². The van der Waals surface area contributed by atoms with E-state index in [-0.39, 0.29) is 0 Å². The molecule has 3 aromatic rings. The van der Waals surface area contributed by atoms with Gasteiger partial charge in [-0.1, -0.05) is 24.2 Å². The average molecular weight is 427 g/mol. The molecule has 3 rings (SSSR count). The largest absolute Gasteiger partial charge is 0.357 e. The molecule has 160 valence electrons. The van der Waals surface area contributed by atoms with E-state index in [9.17, 15) is 0 Å². The second-order valence-corrected chi connectivity index (χ2v) is 8.29. The second-order valence-electron chi connectivity index (χ2n) is 7.00. The number of hydrogen-bond acceptors (Lipinski definition) is 6. The van der Waals surface area contributed by atoms with Gasteiger partial charge in [0, 0.05) is 42.9 Å². The maximum absolute atomic E-state index is 5.30. The van der Waals surface area contributed by atoms with Gasteiger partial charge in [-0.15, -0.1) is 11.3 Å². The Bertz CT molecular complexity index is 941. The Hall–Kier alpha value is -2.74. The number of guanidine groups is 1. The summed E-state index contributed by atoms with van der Waals surface area (Å²) in [7, 11) is 0. The van der Waals surface area contributed by atoms with Crippen LogP contribution in [0.25, 0.3) is 11.5 Å². The van der Waals surface area contributed by atoms with E-state index < -0.39 is 0 Å². The van der Waals surface area contributed by atoms with Gasteiger partial charge in [0.1, 0.15) is 0 Å². The van der Waals surface area contributed by atoms with Crippen LogP contribution in [-0.4, -0.2) is 40.7 Å². The molecule has 2 N–H and O–H groups in total. The zero-order valence-electron chi connectivity index (χ0n) is 18.2. The summed E-state index contributed by atoms with van der Waals surface area (Å²) in [6.45, 7) is 10.6. The normalized spacial score (nSPS) is 11.7. The predicted octanol–water partition coefficient (Wildman–Crippen LogP) is 3.71. The summed E-state index contributed by atoms with van der Waals surface area (Å²) in [5.74, 6) is 2.15. The monoisotopic (exact) mass is 426 g/mol. The number of nitrogens with one attached hydrogen (secondary N) is 2. The molecular formula is C22H30N6OS. The minimum absolute atomic E-state index is 0.573. The summed E-state index contributed by atoms with van der Waals surface area (Å²) in [5, 5.41) is 11.8. The summed E-state index contributed by atoms with van der Waals surface area (Å²) in [6, 6.07) is 8.26. The van der Waals surface area contributed by atoms with Crippen molar-refractivity contribution in [3.63, 3.8) is 0 Å². The summed E-state index contributed by atoms with van der Waals surface area (Å²) in [4.78, 5) is 14.9. The second kappa shape index (κ2) is 10.9. The van der Waals surface area contributed by atoms with E-state index in [1.165, 1.54) is 10.4 Å². The smallest absolute Gasteiger partial charge is 0.257 e. The third-order valence-electron chi connectivity index (χ3n) is 4.70. The first kappa shape index (κ1) is 22.0. The highest BCUT2D eigenvalue weighted by Crippen LogP contribution is 2.18. The zero-order valence-corrected chi connectivity index (χ0v) is 19.0. The first-order chi connectivity index (χ1) is 14.6. The van der Waals surface area contributed by atoms with Crippen LogP contribution in [0.1, 0.15) is 40.8 Å². The van der Waals surface area contributed by atoms with Crippen molar-refractivity contribution in [3.8, 4) is 11.5 Å². The fraction of sp³-hybridized carbons (Fsp3) is 0.455. The van der Waals surface area contributed by atoms with Crippen molar-refractivity contribution in [2.24, 2.45) is 4.99 Å². The topological polar surface area (TPSA) is 88.2 Å². The number of aliphatic imine (C=N–C) groups is 1. The zero-order chi connectivity index (χ0) is 21.3. The maximum atomic E-state index is 5.30. The van der Waals surface area contributed by atoms with Crippen molar-refractivity contribution in [1.82, 2.24) is 25.8 Å². The molecule has 8 heteroatoms. The number of nitrogens with zero attached hydrogens (tertiary/aromatic N) is 4. The summed E-state index contributed by atoms with van der Waals surface area (Å²) < 4.78 is 5.30. The van der Waals surface area contributed by atoms with Crippen LogP contribution in [0, 0.1) is 13.8 Å². The molecule has 0 aliphatic heterocycles. The number of benzene rings is 1. The Kier molecular flexibility index (Phi) is 7.96. The third-order valence-corrected chi connectivity index (χ3v) is 5.84. The summed E-state index contributed by atoms with van der Waals surface area (Å²) in [6.07, 6.45) is 2.54. The minimum atomic E-state index is 0.573. The third kappa shape index (κ3) is 6.13. The van der Waals surface area contributed by atoms with Crippen molar-refractivity contribution in [1.29, 1.82) is 0 Å². The van der Waals surface area contributed by atoms with Gasteiger partial charge in [0.15, 0.2) is 11.8 Å². The molecule has 0 fully saturated rings. The van der Waals surface area contributed by atoms with E-state index in [2.05, 4.69) is 63.7 Å². The van der Waals surface area contributed by atoms with Gasteiger partial charge in [-0.2, -0.15) is 4.98 Å². The SMILES string of the molecule is CCNC(=NCCc1nc(C)c(C)s1)NCCc1ccc(-c2nc(CC)no2)cc1. The summed E-state index contributed by atoms with van der Waals surface area (Å²) >= 11 is 1.76. The molecule has 2 aromatic heterocycles. The van der Waals surface area contributed by atoms with Gasteiger partial charge in [0.2, 0.25) is 0 Å². The number of aryl methyl sites for hydroxylation is 3. The molecule has 7 nitrogen and oxygen atoms in total. The van der Waals surface area contributed by atoms with Crippen molar-refractivity contribution < 1.29 is 4.52 Å². The molecule has 0 atom stereocenters. The van der Waals surface area contributed by atoms with Crippen LogP contribution in [0.4, 0.5) is 0 Å². The molecule has 0 aliphatic rings. The lowest BCUT2D eigenvalue weighted by molar-refractivity contribution is 0.423. The quantitative estimate of drug-likeness (QED) is 0.401. The van der Waals surface area contributed by atoms with E-state index in [0.29, 0.717) is 5.89 Å². The first-order valence-electron chi connectivity index (χ1n) is 10.5. The molecule has 0 saturated heterocycles. The lowest BCUT2D eigenvalue weighted by atomic mass is 10.1. The lowest BCUT2D eigenvalue weighted by Gasteiger charge is -2.11. The van der Waals surface area contributed by atoms with Gasteiger partial charge >= 0.3 is 0 Å². The van der Waals surface area contributed by atoms with Crippen molar-refractivity contribution in [2.45, 2.75) is 47.0 Å². The van der Waals surface area contributed by atoms with Gasteiger partial charge in [0.25, 0.3) is 5.89 Å². The fourth-order valence-corrected chi connectivity index (χ4v) is 3.83. The molecule has 0 amide bonds. The van der Waals surface area contributed by atoms with Gasteiger partial charge in [0.05, 0.1) is 10.7 Å². The van der Waals surface area contributed by atoms with E-state index in [1.807, 2.05) is 19.1 Å². The molecular weight excluding hydrogens is 396 g/mol. The molecule has 0 radical (unpaired) electrons. The molecule has 0 saturated carbocycles. The molecule has 30 heavy (non-hydrogen) atoms. The lowest BCUT2D eigenvalue weighted by Crippen LogP contribution is -2.38. The fourth-order valence-electron chi connectivity index (χ4n) is 2.91. The molecule has 1 aromatic carbocycles. The Morgan fingerprint density at radius 3 is 2.50 bits per heavy atom. The average Bonchev–Trinajstić information content (AvgIpc) is 3.35. The van der Waals surface area contributed by atoms with Crippen LogP contribution in [0.2, 0.25) is 0 Å². The van der Waals surface area contributed by atoms with Crippen LogP contribution in [-0.2, 0) is 19.3 Å². The van der Waals surface area contributed by atoms with Crippen LogP contribution in [0.5, 0.6) is 0 Å². The standard InChI is InChI=1S/C22H30N6OS/c1-5-19-27-21(29-28-19)18-9-7-17(8-10-18)11-13-24-22(23-6-2)25-14-12-20-26-15(3)16(4)30-20/h7-10H,5-6,11-14H2,1-4H3,(H2,23,24,25). The summed E-state index contributed by atoms with van der Waals surface area (Å²) in [5.41, 5.74) is 3.31. The van der Waals surface area contributed by atoms with E-state index in [0.717, 1.165) is 66.9 Å². The number of rotatable bonds is 9. The Morgan fingerprint density at radius 1 is 1.07 bits per heavy atom. The maximum Gasteiger partial charge on any atom is 0.257 e. The molecule has 2 heterocycles. The number of aromatic nitrogens is 3. The molecule has 0 unspecified atom stereocenters. The van der Waals surface area contributed by atoms with Crippen LogP contribution >= 0.6 is 11.3 Å². The van der Waals surface area contributed by atoms with E-state index in [1.54, 1.807) is 11.3 Å². The Labute approximate surface area is 182 Å². The van der Waals surface area contributed by atoms with Gasteiger partial charge in [-0.05, 0) is 44.9 Å². The molecule has 0 bridgehead atoms. The van der Waals surface area contributed by atoms with Crippen LogP contribution in [0.15, 0.2) is 33.8 Å². The molecule has 0 aliphatic carbocycles. The first-order valence-corrected chi connectivity index (χ1v) is 11.3. The highest BCUT2D eigenvalue weighted by Gasteiger charge is 2.07. The van der Waals surface area contributed by atoms with Crippen molar-refractivity contribution in [2.75, 3.05) is 19.6 Å². The number of thiazole rings is 1. The predicted molar refractivity (Wildman–Crippen MR) is 122 cm³/mol. The minimum Gasteiger partial charge on any atom is -0.357 e. The van der Waals surface area contributed by atoms with E-state index in [4.69, 9.17) is 4.52 Å². The van der Waals surface area contributed by atoms with E-state index >= 15 is 0 Å². The Morgan fingerprint density at radius 2 is 1.87 bits per heavy atom.